The molecule has 0 unspecified atom stereocenters. The summed E-state index contributed by atoms with van der Waals surface area (Å²) in [5, 5.41) is 3.28. The van der Waals surface area contributed by atoms with Gasteiger partial charge in [-0.15, -0.1) is 0 Å². The van der Waals surface area contributed by atoms with Gasteiger partial charge in [-0.3, -0.25) is 0 Å². The normalized spacial score (nSPS) is 10.3. The molecular weight excluding hydrogens is 318 g/mol. The first-order chi connectivity index (χ1) is 9.60. The van der Waals surface area contributed by atoms with E-state index < -0.39 is 0 Å². The number of benzene rings is 1. The second kappa shape index (κ2) is 6.61. The van der Waals surface area contributed by atoms with E-state index in [-0.39, 0.29) is 0 Å². The van der Waals surface area contributed by atoms with Crippen LogP contribution in [0.1, 0.15) is 18.9 Å². The van der Waals surface area contributed by atoms with Crippen molar-refractivity contribution in [2.24, 2.45) is 0 Å². The molecule has 0 spiro atoms. The zero-order chi connectivity index (χ0) is 14.5. The number of hydrogen-bond donors (Lipinski definition) is 2. The number of anilines is 3. The van der Waals surface area contributed by atoms with Crippen molar-refractivity contribution >= 4 is 33.1 Å². The molecule has 20 heavy (non-hydrogen) atoms. The molecule has 0 saturated carbocycles. The van der Waals surface area contributed by atoms with E-state index in [1.165, 1.54) is 0 Å². The summed E-state index contributed by atoms with van der Waals surface area (Å²) in [6, 6.07) is 9.70. The molecule has 2 aromatic rings. The molecule has 0 aliphatic carbocycles. The standard InChI is InChI=1S/C15H18BrN3O/c1-3-8-20-15-12(17)6-7-14(19-15)18-13-9-11(16)5-4-10(13)2/h4-7,9H,3,8,17H2,1-2H3,(H,18,19). The molecular formula is C15H18BrN3O. The summed E-state index contributed by atoms with van der Waals surface area (Å²) in [5.41, 5.74) is 8.55. The van der Waals surface area contributed by atoms with Crippen LogP contribution in [0.15, 0.2) is 34.8 Å². The number of ether oxygens (including phenoxy) is 1. The molecule has 106 valence electrons. The molecule has 0 radical (unpaired) electrons. The van der Waals surface area contributed by atoms with Crippen LogP contribution in [-0.4, -0.2) is 11.6 Å². The van der Waals surface area contributed by atoms with Crippen molar-refractivity contribution in [3.05, 3.63) is 40.4 Å². The van der Waals surface area contributed by atoms with Crippen molar-refractivity contribution in [2.45, 2.75) is 20.3 Å². The summed E-state index contributed by atoms with van der Waals surface area (Å²) < 4.78 is 6.55. The van der Waals surface area contributed by atoms with Gasteiger partial charge in [-0.1, -0.05) is 28.9 Å². The first-order valence-corrected chi connectivity index (χ1v) is 7.32. The highest BCUT2D eigenvalue weighted by Gasteiger charge is 2.06. The minimum Gasteiger partial charge on any atom is -0.476 e. The van der Waals surface area contributed by atoms with Crippen molar-refractivity contribution in [1.82, 2.24) is 4.98 Å². The van der Waals surface area contributed by atoms with Gasteiger partial charge >= 0.3 is 0 Å². The Kier molecular flexibility index (Phi) is 4.84. The lowest BCUT2D eigenvalue weighted by atomic mass is 10.2. The molecule has 0 fully saturated rings. The van der Waals surface area contributed by atoms with Crippen molar-refractivity contribution < 1.29 is 4.74 Å². The largest absolute Gasteiger partial charge is 0.476 e. The van der Waals surface area contributed by atoms with Crippen LogP contribution in [-0.2, 0) is 0 Å². The predicted molar refractivity (Wildman–Crippen MR) is 86.6 cm³/mol. The van der Waals surface area contributed by atoms with Gasteiger partial charge in [-0.2, -0.15) is 4.98 Å². The Morgan fingerprint density at radius 1 is 1.30 bits per heavy atom. The van der Waals surface area contributed by atoms with Crippen LogP contribution in [0.2, 0.25) is 0 Å². The molecule has 0 bridgehead atoms. The van der Waals surface area contributed by atoms with Crippen LogP contribution in [0.3, 0.4) is 0 Å². The third kappa shape index (κ3) is 3.63. The maximum Gasteiger partial charge on any atom is 0.239 e. The smallest absolute Gasteiger partial charge is 0.239 e. The van der Waals surface area contributed by atoms with Gasteiger partial charge in [0.05, 0.1) is 12.3 Å². The van der Waals surface area contributed by atoms with Gasteiger partial charge in [-0.25, -0.2) is 0 Å². The Hall–Kier alpha value is -1.75. The van der Waals surface area contributed by atoms with Crippen LogP contribution in [0, 0.1) is 6.92 Å². The number of nitrogens with zero attached hydrogens (tertiary/aromatic N) is 1. The molecule has 0 amide bonds. The second-order valence-corrected chi connectivity index (χ2v) is 5.44. The summed E-state index contributed by atoms with van der Waals surface area (Å²) in [6.07, 6.45) is 0.920. The molecule has 0 saturated heterocycles. The molecule has 1 aromatic heterocycles. The summed E-state index contributed by atoms with van der Waals surface area (Å²) in [7, 11) is 0. The summed E-state index contributed by atoms with van der Waals surface area (Å²) in [6.45, 7) is 4.69. The lowest BCUT2D eigenvalue weighted by molar-refractivity contribution is 0.307. The van der Waals surface area contributed by atoms with Crippen molar-refractivity contribution in [3.63, 3.8) is 0 Å². The molecule has 3 N–H and O–H groups in total. The number of nitrogens with two attached hydrogens (primary N) is 1. The van der Waals surface area contributed by atoms with E-state index in [1.807, 2.05) is 38.1 Å². The van der Waals surface area contributed by atoms with Gasteiger partial charge in [0.1, 0.15) is 5.82 Å². The lowest BCUT2D eigenvalue weighted by Crippen LogP contribution is -2.03. The highest BCUT2D eigenvalue weighted by atomic mass is 79.9. The summed E-state index contributed by atoms with van der Waals surface area (Å²) >= 11 is 3.46. The lowest BCUT2D eigenvalue weighted by Gasteiger charge is -2.12. The maximum atomic E-state index is 5.85. The monoisotopic (exact) mass is 335 g/mol. The summed E-state index contributed by atoms with van der Waals surface area (Å²) in [4.78, 5) is 4.40. The number of aryl methyl sites for hydroxylation is 1. The third-order valence-electron chi connectivity index (χ3n) is 2.79. The number of nitrogen functional groups attached to an aromatic ring is 1. The Morgan fingerprint density at radius 3 is 2.85 bits per heavy atom. The highest BCUT2D eigenvalue weighted by Crippen LogP contribution is 2.26. The number of halogens is 1. The van der Waals surface area contributed by atoms with Crippen LogP contribution in [0.25, 0.3) is 0 Å². The number of rotatable bonds is 5. The minimum atomic E-state index is 0.476. The van der Waals surface area contributed by atoms with Gasteiger partial charge in [0.2, 0.25) is 5.88 Å². The number of aromatic nitrogens is 1. The van der Waals surface area contributed by atoms with E-state index >= 15 is 0 Å². The van der Waals surface area contributed by atoms with E-state index in [0.29, 0.717) is 24.0 Å². The average molecular weight is 336 g/mol. The average Bonchev–Trinajstić information content (AvgIpc) is 2.43. The fourth-order valence-corrected chi connectivity index (χ4v) is 2.06. The first kappa shape index (κ1) is 14.7. The molecule has 1 heterocycles. The fraction of sp³-hybridized carbons (Fsp3) is 0.267. The summed E-state index contributed by atoms with van der Waals surface area (Å²) in [5.74, 6) is 1.19. The van der Waals surface area contributed by atoms with E-state index in [1.54, 1.807) is 6.07 Å². The topological polar surface area (TPSA) is 60.2 Å². The van der Waals surface area contributed by atoms with Crippen LogP contribution in [0.4, 0.5) is 17.2 Å². The van der Waals surface area contributed by atoms with Gasteiger partial charge in [0.25, 0.3) is 0 Å². The van der Waals surface area contributed by atoms with Crippen LogP contribution in [0.5, 0.6) is 5.88 Å². The Balaban J connectivity index is 2.22. The van der Waals surface area contributed by atoms with E-state index in [9.17, 15) is 0 Å². The zero-order valence-electron chi connectivity index (χ0n) is 11.6. The van der Waals surface area contributed by atoms with Crippen LogP contribution < -0.4 is 15.8 Å². The van der Waals surface area contributed by atoms with Gasteiger partial charge in [0, 0.05) is 10.2 Å². The van der Waals surface area contributed by atoms with E-state index in [2.05, 4.69) is 26.2 Å². The SMILES string of the molecule is CCCOc1nc(Nc2cc(Br)ccc2C)ccc1N. The Labute approximate surface area is 127 Å². The van der Waals surface area contributed by atoms with Gasteiger partial charge in [-0.05, 0) is 43.2 Å². The molecule has 4 nitrogen and oxygen atoms in total. The van der Waals surface area contributed by atoms with E-state index in [4.69, 9.17) is 10.5 Å². The number of pyridine rings is 1. The molecule has 1 aromatic carbocycles. The molecule has 0 aliphatic heterocycles. The molecule has 2 rings (SSSR count). The van der Waals surface area contributed by atoms with E-state index in [0.717, 1.165) is 22.1 Å². The third-order valence-corrected chi connectivity index (χ3v) is 3.29. The van der Waals surface area contributed by atoms with Crippen molar-refractivity contribution in [2.75, 3.05) is 17.7 Å². The van der Waals surface area contributed by atoms with Gasteiger partial charge < -0.3 is 15.8 Å². The number of nitrogens with one attached hydrogen (secondary N) is 1. The number of hydrogen-bond acceptors (Lipinski definition) is 4. The zero-order valence-corrected chi connectivity index (χ0v) is 13.2. The Bertz CT molecular complexity index is 602. The van der Waals surface area contributed by atoms with Crippen LogP contribution >= 0.6 is 15.9 Å². The Morgan fingerprint density at radius 2 is 2.10 bits per heavy atom. The molecule has 0 aliphatic rings. The van der Waals surface area contributed by atoms with Crippen molar-refractivity contribution in [1.29, 1.82) is 0 Å². The van der Waals surface area contributed by atoms with Crippen molar-refractivity contribution in [3.8, 4) is 5.88 Å². The quantitative estimate of drug-likeness (QED) is 0.856. The minimum absolute atomic E-state index is 0.476. The predicted octanol–water partition coefficient (Wildman–Crippen LogP) is 4.27. The maximum absolute atomic E-state index is 5.85. The highest BCUT2D eigenvalue weighted by molar-refractivity contribution is 9.10. The molecule has 5 heteroatoms. The first-order valence-electron chi connectivity index (χ1n) is 6.52. The fourth-order valence-electron chi connectivity index (χ4n) is 1.70. The van der Waals surface area contributed by atoms with Gasteiger partial charge in [0.15, 0.2) is 0 Å². The second-order valence-electron chi connectivity index (χ2n) is 4.52. The molecule has 0 atom stereocenters.